The summed E-state index contributed by atoms with van der Waals surface area (Å²) < 4.78 is 18.8. The number of aliphatic imine (C=N–C) groups is 1. The fraction of sp³-hybridized carbons (Fsp3) is 0.200. The number of aryl methyl sites for hydroxylation is 2. The fourth-order valence-electron chi connectivity index (χ4n) is 2.18. The first-order valence-corrected chi connectivity index (χ1v) is 6.41. The van der Waals surface area contributed by atoms with E-state index in [0.29, 0.717) is 16.7 Å². The van der Waals surface area contributed by atoms with Gasteiger partial charge in [-0.15, -0.1) is 0 Å². The molecule has 0 spiro atoms. The second-order valence-corrected chi connectivity index (χ2v) is 4.86. The van der Waals surface area contributed by atoms with Crippen LogP contribution in [0.3, 0.4) is 0 Å². The highest BCUT2D eigenvalue weighted by Crippen LogP contribution is 2.25. The summed E-state index contributed by atoms with van der Waals surface area (Å²) >= 11 is 0. The van der Waals surface area contributed by atoms with Crippen LogP contribution in [-0.4, -0.2) is 22.3 Å². The molecule has 5 nitrogen and oxygen atoms in total. The van der Waals surface area contributed by atoms with Crippen molar-refractivity contribution in [1.29, 1.82) is 0 Å². The number of halogens is 1. The van der Waals surface area contributed by atoms with Gasteiger partial charge in [0, 0.05) is 11.8 Å². The van der Waals surface area contributed by atoms with Crippen molar-refractivity contribution in [2.75, 3.05) is 0 Å². The van der Waals surface area contributed by atoms with Gasteiger partial charge in [0.25, 0.3) is 11.8 Å². The molecule has 0 saturated heterocycles. The molecule has 1 atom stereocenters. The minimum atomic E-state index is -0.629. The zero-order valence-corrected chi connectivity index (χ0v) is 11.5. The van der Waals surface area contributed by atoms with Crippen molar-refractivity contribution in [3.8, 4) is 11.5 Å². The third-order valence-electron chi connectivity index (χ3n) is 3.26. The van der Waals surface area contributed by atoms with Crippen molar-refractivity contribution < 1.29 is 13.7 Å². The van der Waals surface area contributed by atoms with Gasteiger partial charge in [0.15, 0.2) is 5.82 Å². The number of nitrogens with zero attached hydrogens (tertiary/aromatic N) is 3. The highest BCUT2D eigenvalue weighted by Gasteiger charge is 2.24. The predicted octanol–water partition coefficient (Wildman–Crippen LogP) is 2.74. The van der Waals surface area contributed by atoms with E-state index in [1.54, 1.807) is 38.1 Å². The summed E-state index contributed by atoms with van der Waals surface area (Å²) in [6.45, 7) is 3.34. The Morgan fingerprint density at radius 1 is 1.24 bits per heavy atom. The van der Waals surface area contributed by atoms with E-state index < -0.39 is 5.92 Å². The molecule has 2 heterocycles. The monoisotopic (exact) mass is 285 g/mol. The standard InChI is InChI=1S/C15H12FN3O2/c1-8-6-10(7-9(2)12(8)16)15-18-13(19-21-15)11-4-3-5-17-14(11)20/h3-7,11H,1-2H3. The highest BCUT2D eigenvalue weighted by atomic mass is 19.1. The number of rotatable bonds is 2. The Bertz CT molecular complexity index is 754. The van der Waals surface area contributed by atoms with Gasteiger partial charge in [-0.25, -0.2) is 9.38 Å². The summed E-state index contributed by atoms with van der Waals surface area (Å²) in [5.74, 6) is -0.709. The Balaban J connectivity index is 1.97. The Morgan fingerprint density at radius 3 is 2.62 bits per heavy atom. The molecule has 2 aromatic rings. The van der Waals surface area contributed by atoms with Gasteiger partial charge in [0.1, 0.15) is 11.7 Å². The second-order valence-electron chi connectivity index (χ2n) is 4.86. The first kappa shape index (κ1) is 13.4. The van der Waals surface area contributed by atoms with Crippen LogP contribution >= 0.6 is 0 Å². The Morgan fingerprint density at radius 2 is 1.95 bits per heavy atom. The van der Waals surface area contributed by atoms with Gasteiger partial charge in [0.05, 0.1) is 0 Å². The van der Waals surface area contributed by atoms with Gasteiger partial charge >= 0.3 is 0 Å². The van der Waals surface area contributed by atoms with E-state index >= 15 is 0 Å². The van der Waals surface area contributed by atoms with Crippen molar-refractivity contribution in [3.63, 3.8) is 0 Å². The normalized spacial score (nSPS) is 17.5. The van der Waals surface area contributed by atoms with Crippen molar-refractivity contribution in [3.05, 3.63) is 47.1 Å². The molecule has 0 aliphatic carbocycles. The SMILES string of the molecule is Cc1cc(-c2nc(C3C=CC=NC3=O)no2)cc(C)c1F. The largest absolute Gasteiger partial charge is 0.334 e. The first-order valence-electron chi connectivity index (χ1n) is 6.41. The first-order chi connectivity index (χ1) is 10.1. The molecule has 21 heavy (non-hydrogen) atoms. The number of aromatic nitrogens is 2. The van der Waals surface area contributed by atoms with E-state index in [4.69, 9.17) is 4.52 Å². The third kappa shape index (κ3) is 2.40. The van der Waals surface area contributed by atoms with Crippen molar-refractivity contribution in [1.82, 2.24) is 10.1 Å². The number of hydrogen-bond donors (Lipinski definition) is 0. The molecule has 0 fully saturated rings. The molecule has 1 unspecified atom stereocenters. The van der Waals surface area contributed by atoms with Crippen LogP contribution in [0.15, 0.2) is 33.8 Å². The topological polar surface area (TPSA) is 68.3 Å². The summed E-state index contributed by atoms with van der Waals surface area (Å²) in [5.41, 5.74) is 1.63. The zero-order valence-electron chi connectivity index (χ0n) is 11.5. The quantitative estimate of drug-likeness (QED) is 0.850. The van der Waals surface area contributed by atoms with Crippen LogP contribution in [0.25, 0.3) is 11.5 Å². The second kappa shape index (κ2) is 5.05. The van der Waals surface area contributed by atoms with Crippen molar-refractivity contribution in [2.24, 2.45) is 4.99 Å². The van der Waals surface area contributed by atoms with Gasteiger partial charge in [0.2, 0.25) is 0 Å². The van der Waals surface area contributed by atoms with E-state index in [2.05, 4.69) is 15.1 Å². The predicted molar refractivity (Wildman–Crippen MR) is 74.5 cm³/mol. The fourth-order valence-corrected chi connectivity index (χ4v) is 2.18. The third-order valence-corrected chi connectivity index (χ3v) is 3.26. The maximum atomic E-state index is 13.6. The summed E-state index contributed by atoms with van der Waals surface area (Å²) in [5, 5.41) is 3.82. The Hall–Kier alpha value is -2.63. The minimum Gasteiger partial charge on any atom is -0.334 e. The lowest BCUT2D eigenvalue weighted by Crippen LogP contribution is -2.12. The number of carbonyl (C=O) groups excluding carboxylic acids is 1. The van der Waals surface area contributed by atoms with Crippen LogP contribution in [-0.2, 0) is 4.79 Å². The van der Waals surface area contributed by atoms with Crippen LogP contribution in [0.5, 0.6) is 0 Å². The van der Waals surface area contributed by atoms with Crippen LogP contribution in [0.1, 0.15) is 22.9 Å². The molecule has 1 aromatic heterocycles. The van der Waals surface area contributed by atoms with Gasteiger partial charge in [-0.1, -0.05) is 11.2 Å². The highest BCUT2D eigenvalue weighted by molar-refractivity contribution is 5.96. The Kier molecular flexibility index (Phi) is 3.21. The van der Waals surface area contributed by atoms with Gasteiger partial charge in [-0.3, -0.25) is 4.79 Å². The molecular weight excluding hydrogens is 273 g/mol. The molecule has 1 amide bonds. The van der Waals surface area contributed by atoms with Crippen molar-refractivity contribution >= 4 is 12.1 Å². The minimum absolute atomic E-state index is 0.252. The number of amides is 1. The lowest BCUT2D eigenvalue weighted by Gasteiger charge is -2.05. The summed E-state index contributed by atoms with van der Waals surface area (Å²) in [4.78, 5) is 19.6. The number of dihydropyridines is 1. The average Bonchev–Trinajstić information content (AvgIpc) is 2.94. The molecule has 3 rings (SSSR count). The maximum Gasteiger partial charge on any atom is 0.260 e. The van der Waals surface area contributed by atoms with Crippen LogP contribution in [0, 0.1) is 19.7 Å². The summed E-state index contributed by atoms with van der Waals surface area (Å²) in [7, 11) is 0. The van der Waals surface area contributed by atoms with E-state index in [0.717, 1.165) is 0 Å². The molecule has 0 N–H and O–H groups in total. The number of benzene rings is 1. The van der Waals surface area contributed by atoms with E-state index in [1.807, 2.05) is 0 Å². The van der Waals surface area contributed by atoms with Gasteiger partial charge in [-0.2, -0.15) is 4.98 Å². The molecule has 0 radical (unpaired) electrons. The van der Waals surface area contributed by atoms with Crippen LogP contribution < -0.4 is 0 Å². The number of hydrogen-bond acceptors (Lipinski definition) is 4. The molecule has 6 heteroatoms. The van der Waals surface area contributed by atoms with Crippen LogP contribution in [0.2, 0.25) is 0 Å². The molecule has 1 aliphatic rings. The zero-order chi connectivity index (χ0) is 15.0. The maximum absolute atomic E-state index is 13.6. The molecule has 1 aromatic carbocycles. The summed E-state index contributed by atoms with van der Waals surface area (Å²) in [6.07, 6.45) is 4.74. The molecular formula is C15H12FN3O2. The average molecular weight is 285 g/mol. The lowest BCUT2D eigenvalue weighted by atomic mass is 10.1. The van der Waals surface area contributed by atoms with Gasteiger partial charge in [-0.05, 0) is 43.2 Å². The molecule has 0 bridgehead atoms. The lowest BCUT2D eigenvalue weighted by molar-refractivity contribution is -0.118. The molecule has 106 valence electrons. The number of carbonyl (C=O) groups is 1. The van der Waals surface area contributed by atoms with Crippen LogP contribution in [0.4, 0.5) is 4.39 Å². The number of allylic oxidation sites excluding steroid dienone is 1. The van der Waals surface area contributed by atoms with E-state index in [1.165, 1.54) is 6.21 Å². The summed E-state index contributed by atoms with van der Waals surface area (Å²) in [6, 6.07) is 3.27. The molecule has 0 saturated carbocycles. The van der Waals surface area contributed by atoms with E-state index in [-0.39, 0.29) is 23.4 Å². The van der Waals surface area contributed by atoms with Crippen molar-refractivity contribution in [2.45, 2.75) is 19.8 Å². The smallest absolute Gasteiger partial charge is 0.260 e. The van der Waals surface area contributed by atoms with Gasteiger partial charge < -0.3 is 4.52 Å². The van der Waals surface area contributed by atoms with E-state index in [9.17, 15) is 9.18 Å². The molecule has 1 aliphatic heterocycles. The Labute approximate surface area is 120 Å².